The number of fused-ring (bicyclic) bond motifs is 3. The van der Waals surface area contributed by atoms with E-state index in [2.05, 4.69) is 62.5 Å². The highest BCUT2D eigenvalue weighted by molar-refractivity contribution is 5.59. The zero-order valence-corrected chi connectivity index (χ0v) is 14.5. The number of hydrogen-bond donors (Lipinski definition) is 1. The minimum Gasteiger partial charge on any atom is -0.378 e. The van der Waals surface area contributed by atoms with E-state index in [1.54, 1.807) is 12.1 Å². The Morgan fingerprint density at radius 2 is 1.79 bits per heavy atom. The molecular formula is C22H24FN. The van der Waals surface area contributed by atoms with Gasteiger partial charge in [0.05, 0.1) is 6.04 Å². The number of rotatable bonds is 1. The Labute approximate surface area is 143 Å². The first-order valence-electron chi connectivity index (χ1n) is 8.76. The van der Waals surface area contributed by atoms with Gasteiger partial charge in [-0.2, -0.15) is 0 Å². The van der Waals surface area contributed by atoms with Crippen molar-refractivity contribution in [1.29, 1.82) is 0 Å². The van der Waals surface area contributed by atoms with E-state index in [9.17, 15) is 4.39 Å². The van der Waals surface area contributed by atoms with E-state index in [1.165, 1.54) is 11.1 Å². The molecule has 0 saturated carbocycles. The molecule has 0 radical (unpaired) electrons. The van der Waals surface area contributed by atoms with Crippen molar-refractivity contribution in [2.45, 2.75) is 44.6 Å². The summed E-state index contributed by atoms with van der Waals surface area (Å²) in [6.07, 6.45) is 5.53. The predicted octanol–water partition coefficient (Wildman–Crippen LogP) is 5.95. The number of nitrogens with one attached hydrogen (secondary N) is 1. The summed E-state index contributed by atoms with van der Waals surface area (Å²) in [4.78, 5) is 0. The van der Waals surface area contributed by atoms with Gasteiger partial charge < -0.3 is 5.32 Å². The van der Waals surface area contributed by atoms with Gasteiger partial charge in [-0.25, -0.2) is 4.39 Å². The van der Waals surface area contributed by atoms with Crippen LogP contribution in [0.4, 0.5) is 10.1 Å². The van der Waals surface area contributed by atoms with E-state index in [4.69, 9.17) is 0 Å². The first-order chi connectivity index (χ1) is 11.4. The van der Waals surface area contributed by atoms with Crippen LogP contribution in [0.15, 0.2) is 54.6 Å². The van der Waals surface area contributed by atoms with Crippen molar-refractivity contribution in [2.24, 2.45) is 5.92 Å². The number of allylic oxidation sites excluding steroid dienone is 2. The fraction of sp³-hybridized carbons (Fsp3) is 0.364. The molecule has 1 nitrogen and oxygen atoms in total. The minimum absolute atomic E-state index is 0.150. The third-order valence-electron chi connectivity index (χ3n) is 5.46. The van der Waals surface area contributed by atoms with Crippen LogP contribution in [0.1, 0.15) is 55.8 Å². The Balaban J connectivity index is 1.71. The van der Waals surface area contributed by atoms with Crippen LogP contribution in [0.25, 0.3) is 0 Å². The quantitative estimate of drug-likeness (QED) is 0.640. The van der Waals surface area contributed by atoms with Gasteiger partial charge in [0.2, 0.25) is 0 Å². The van der Waals surface area contributed by atoms with Gasteiger partial charge >= 0.3 is 0 Å². The molecule has 0 aromatic heterocycles. The van der Waals surface area contributed by atoms with Crippen molar-refractivity contribution in [3.63, 3.8) is 0 Å². The monoisotopic (exact) mass is 321 g/mol. The number of benzene rings is 2. The summed E-state index contributed by atoms with van der Waals surface area (Å²) in [6, 6.07) is 14.4. The third kappa shape index (κ3) is 2.54. The molecule has 1 aliphatic carbocycles. The molecule has 24 heavy (non-hydrogen) atoms. The summed E-state index contributed by atoms with van der Waals surface area (Å²) in [5.74, 6) is 0.617. The van der Waals surface area contributed by atoms with Crippen LogP contribution in [0, 0.1) is 11.7 Å². The number of anilines is 1. The summed E-state index contributed by atoms with van der Waals surface area (Å²) >= 11 is 0. The Kier molecular flexibility index (Phi) is 3.52. The second kappa shape index (κ2) is 5.47. The van der Waals surface area contributed by atoms with Gasteiger partial charge in [-0.15, -0.1) is 0 Å². The second-order valence-electron chi connectivity index (χ2n) is 8.08. The van der Waals surface area contributed by atoms with Gasteiger partial charge in [0.15, 0.2) is 0 Å². The topological polar surface area (TPSA) is 12.0 Å². The van der Waals surface area contributed by atoms with Crippen LogP contribution >= 0.6 is 0 Å². The highest BCUT2D eigenvalue weighted by atomic mass is 19.1. The van der Waals surface area contributed by atoms with E-state index in [-0.39, 0.29) is 17.3 Å². The average Bonchev–Trinajstić information content (AvgIpc) is 3.03. The molecule has 0 saturated heterocycles. The smallest absolute Gasteiger partial charge is 0.123 e. The van der Waals surface area contributed by atoms with E-state index < -0.39 is 0 Å². The van der Waals surface area contributed by atoms with E-state index in [1.807, 2.05) is 6.07 Å². The molecule has 0 spiro atoms. The fourth-order valence-corrected chi connectivity index (χ4v) is 4.09. The first kappa shape index (κ1) is 15.4. The Bertz CT molecular complexity index is 783. The van der Waals surface area contributed by atoms with E-state index in [0.717, 1.165) is 17.7 Å². The molecule has 0 bridgehead atoms. The summed E-state index contributed by atoms with van der Waals surface area (Å²) in [5, 5.41) is 3.66. The molecule has 1 heterocycles. The molecule has 0 fully saturated rings. The molecule has 2 heteroatoms. The molecule has 0 amide bonds. The van der Waals surface area contributed by atoms with Crippen molar-refractivity contribution in [3.8, 4) is 0 Å². The van der Waals surface area contributed by atoms with Crippen molar-refractivity contribution in [2.75, 3.05) is 5.32 Å². The van der Waals surface area contributed by atoms with Crippen LogP contribution in [0.2, 0.25) is 0 Å². The molecule has 2 aromatic carbocycles. The zero-order valence-electron chi connectivity index (χ0n) is 14.5. The van der Waals surface area contributed by atoms with Gasteiger partial charge in [0.1, 0.15) is 5.82 Å². The van der Waals surface area contributed by atoms with Gasteiger partial charge in [0, 0.05) is 11.6 Å². The van der Waals surface area contributed by atoms with Gasteiger partial charge in [-0.1, -0.05) is 57.2 Å². The summed E-state index contributed by atoms with van der Waals surface area (Å²) < 4.78 is 13.7. The molecule has 4 rings (SSSR count). The normalized spacial score (nSPS) is 25.1. The first-order valence-corrected chi connectivity index (χ1v) is 8.76. The van der Waals surface area contributed by atoms with Crippen LogP contribution in [0.5, 0.6) is 0 Å². The van der Waals surface area contributed by atoms with Crippen LogP contribution in [0.3, 0.4) is 0 Å². The predicted molar refractivity (Wildman–Crippen MR) is 97.9 cm³/mol. The van der Waals surface area contributed by atoms with Gasteiger partial charge in [-0.3, -0.25) is 0 Å². The van der Waals surface area contributed by atoms with E-state index >= 15 is 0 Å². The van der Waals surface area contributed by atoms with Crippen LogP contribution in [-0.4, -0.2) is 0 Å². The van der Waals surface area contributed by atoms with Gasteiger partial charge in [0.25, 0.3) is 0 Å². The lowest BCUT2D eigenvalue weighted by Crippen LogP contribution is -2.29. The van der Waals surface area contributed by atoms with Crippen molar-refractivity contribution in [1.82, 2.24) is 0 Å². The van der Waals surface area contributed by atoms with Crippen LogP contribution in [-0.2, 0) is 5.41 Å². The van der Waals surface area contributed by atoms with E-state index in [0.29, 0.717) is 11.8 Å². The summed E-state index contributed by atoms with van der Waals surface area (Å²) in [6.45, 7) is 6.72. The SMILES string of the molecule is CC(C)(C)c1ccc([C@@H]2Nc3ccc(F)cc3[C@H]3C=CC[C@@H]32)cc1. The lowest BCUT2D eigenvalue weighted by atomic mass is 9.76. The Hall–Kier alpha value is -2.09. The zero-order chi connectivity index (χ0) is 16.9. The largest absolute Gasteiger partial charge is 0.378 e. The maximum atomic E-state index is 13.7. The molecule has 2 aromatic rings. The maximum Gasteiger partial charge on any atom is 0.123 e. The molecule has 3 atom stereocenters. The summed E-state index contributed by atoms with van der Waals surface area (Å²) in [7, 11) is 0. The number of hydrogen-bond acceptors (Lipinski definition) is 1. The molecule has 1 N–H and O–H groups in total. The Morgan fingerprint density at radius 1 is 1.04 bits per heavy atom. The third-order valence-corrected chi connectivity index (χ3v) is 5.46. The van der Waals surface area contributed by atoms with Crippen molar-refractivity contribution in [3.05, 3.63) is 77.1 Å². The van der Waals surface area contributed by atoms with Gasteiger partial charge in [-0.05, 0) is 52.6 Å². The van der Waals surface area contributed by atoms with Crippen molar-refractivity contribution < 1.29 is 4.39 Å². The summed E-state index contributed by atoms with van der Waals surface area (Å²) in [5.41, 5.74) is 4.99. The highest BCUT2D eigenvalue weighted by Gasteiger charge is 2.38. The van der Waals surface area contributed by atoms with Crippen molar-refractivity contribution >= 4 is 5.69 Å². The number of halogens is 1. The molecule has 2 aliphatic rings. The average molecular weight is 321 g/mol. The molecule has 0 unspecified atom stereocenters. The Morgan fingerprint density at radius 3 is 2.50 bits per heavy atom. The second-order valence-corrected chi connectivity index (χ2v) is 8.08. The molecular weight excluding hydrogens is 297 g/mol. The highest BCUT2D eigenvalue weighted by Crippen LogP contribution is 2.49. The molecule has 124 valence electrons. The van der Waals surface area contributed by atoms with Crippen LogP contribution < -0.4 is 5.32 Å². The minimum atomic E-state index is -0.150. The fourth-order valence-electron chi connectivity index (χ4n) is 4.09. The standard InChI is InChI=1S/C22H24FN/c1-22(2,3)15-9-7-14(8-10-15)21-18-6-4-5-17(18)19-13-16(23)11-12-20(19)24-21/h4-5,7-13,17-18,21,24H,6H2,1-3H3/t17-,18-,21-/m0/s1. The maximum absolute atomic E-state index is 13.7. The molecule has 1 aliphatic heterocycles. The lowest BCUT2D eigenvalue weighted by Gasteiger charge is -2.37. The lowest BCUT2D eigenvalue weighted by molar-refractivity contribution is 0.424.